The van der Waals surface area contributed by atoms with Gasteiger partial charge in [0.25, 0.3) is 0 Å². The van der Waals surface area contributed by atoms with Crippen molar-refractivity contribution in [1.82, 2.24) is 4.57 Å². The summed E-state index contributed by atoms with van der Waals surface area (Å²) in [6, 6.07) is 15.8. The first-order chi connectivity index (χ1) is 15.2. The van der Waals surface area contributed by atoms with Gasteiger partial charge in [0.05, 0.1) is 31.1 Å². The van der Waals surface area contributed by atoms with Crippen LogP contribution < -0.4 is 9.30 Å². The van der Waals surface area contributed by atoms with Gasteiger partial charge in [-0.15, -0.1) is 0 Å². The van der Waals surface area contributed by atoms with Crippen LogP contribution in [0.5, 0.6) is 5.75 Å². The molecule has 0 fully saturated rings. The molecular weight excluding hydrogens is 384 g/mol. The molecule has 3 rings (SSSR count). The molecule has 3 aromatic rings. The third-order valence-electron chi connectivity index (χ3n) is 5.25. The Bertz CT molecular complexity index is 913. The van der Waals surface area contributed by atoms with E-state index in [0.717, 1.165) is 43.2 Å². The van der Waals surface area contributed by atoms with Crippen molar-refractivity contribution in [2.75, 3.05) is 6.61 Å². The fourth-order valence-corrected chi connectivity index (χ4v) is 3.32. The largest absolute Gasteiger partial charge is 0.494 e. The predicted molar refractivity (Wildman–Crippen MR) is 125 cm³/mol. The van der Waals surface area contributed by atoms with Gasteiger partial charge in [-0.05, 0) is 75.4 Å². The SMILES string of the molecule is CCCCn1cc[n+](CCCCCCOc2ccc(N=Nc3ccc(C)cc3)cc2)c1. The molecule has 0 aliphatic carbocycles. The van der Waals surface area contributed by atoms with Crippen LogP contribution in [0.1, 0.15) is 51.0 Å². The lowest BCUT2D eigenvalue weighted by molar-refractivity contribution is -0.696. The maximum atomic E-state index is 5.86. The van der Waals surface area contributed by atoms with E-state index in [1.54, 1.807) is 0 Å². The molecule has 1 heterocycles. The van der Waals surface area contributed by atoms with E-state index < -0.39 is 0 Å². The van der Waals surface area contributed by atoms with Gasteiger partial charge in [0.15, 0.2) is 0 Å². The number of rotatable bonds is 13. The topological polar surface area (TPSA) is 42.8 Å². The molecule has 0 aliphatic heterocycles. The summed E-state index contributed by atoms with van der Waals surface area (Å²) in [6.07, 6.45) is 13.8. The average molecular weight is 420 g/mol. The molecule has 0 unspecified atom stereocenters. The second kappa shape index (κ2) is 12.7. The van der Waals surface area contributed by atoms with E-state index in [1.807, 2.05) is 48.5 Å². The Morgan fingerprint density at radius 1 is 0.839 bits per heavy atom. The molecule has 31 heavy (non-hydrogen) atoms. The van der Waals surface area contributed by atoms with Crippen LogP contribution in [0.2, 0.25) is 0 Å². The molecule has 0 saturated carbocycles. The molecule has 5 heteroatoms. The molecule has 0 radical (unpaired) electrons. The number of unbranched alkanes of at least 4 members (excludes halogenated alkanes) is 4. The minimum absolute atomic E-state index is 0.755. The summed E-state index contributed by atoms with van der Waals surface area (Å²) in [5, 5.41) is 8.55. The standard InChI is InChI=1S/C26H35N4O/c1-3-4-17-29-19-20-30(22-29)18-7-5-6-8-21-31-26-15-13-25(14-16-26)28-27-24-11-9-23(2)10-12-24/h9-16,19-20,22H,3-8,17-18,21H2,1-2H3/q+1. The third-order valence-corrected chi connectivity index (χ3v) is 5.25. The molecule has 164 valence electrons. The summed E-state index contributed by atoms with van der Waals surface area (Å²) in [5.41, 5.74) is 2.91. The lowest BCUT2D eigenvalue weighted by Crippen LogP contribution is -2.30. The lowest BCUT2D eigenvalue weighted by atomic mass is 10.2. The number of nitrogens with zero attached hydrogens (tertiary/aromatic N) is 4. The Morgan fingerprint density at radius 2 is 1.52 bits per heavy atom. The quantitative estimate of drug-likeness (QED) is 0.168. The predicted octanol–water partition coefficient (Wildman–Crippen LogP) is 6.94. The van der Waals surface area contributed by atoms with Gasteiger partial charge in [-0.25, -0.2) is 9.13 Å². The van der Waals surface area contributed by atoms with Crippen molar-refractivity contribution in [2.24, 2.45) is 10.2 Å². The molecule has 0 spiro atoms. The minimum Gasteiger partial charge on any atom is -0.494 e. The number of azo groups is 1. The summed E-state index contributed by atoms with van der Waals surface area (Å²) >= 11 is 0. The van der Waals surface area contributed by atoms with E-state index in [0.29, 0.717) is 0 Å². The highest BCUT2D eigenvalue weighted by molar-refractivity contribution is 5.43. The van der Waals surface area contributed by atoms with Crippen LogP contribution in [0, 0.1) is 6.92 Å². The van der Waals surface area contributed by atoms with Crippen LogP contribution in [0.3, 0.4) is 0 Å². The number of aryl methyl sites for hydroxylation is 3. The molecule has 1 aromatic heterocycles. The van der Waals surface area contributed by atoms with Gasteiger partial charge >= 0.3 is 0 Å². The smallest absolute Gasteiger partial charge is 0.243 e. The van der Waals surface area contributed by atoms with Gasteiger partial charge in [-0.1, -0.05) is 31.0 Å². The van der Waals surface area contributed by atoms with E-state index in [2.05, 4.69) is 51.9 Å². The Kier molecular flexibility index (Phi) is 9.30. The summed E-state index contributed by atoms with van der Waals surface area (Å²) in [6.45, 7) is 7.27. The first-order valence-electron chi connectivity index (χ1n) is 11.5. The Morgan fingerprint density at radius 3 is 2.23 bits per heavy atom. The lowest BCUT2D eigenvalue weighted by Gasteiger charge is -2.06. The first kappa shape index (κ1) is 22.7. The number of imidazole rings is 1. The number of aromatic nitrogens is 2. The van der Waals surface area contributed by atoms with Crippen LogP contribution >= 0.6 is 0 Å². The van der Waals surface area contributed by atoms with Gasteiger partial charge in [-0.3, -0.25) is 0 Å². The summed E-state index contributed by atoms with van der Waals surface area (Å²) in [7, 11) is 0. The molecule has 0 amide bonds. The van der Waals surface area contributed by atoms with Gasteiger partial charge in [-0.2, -0.15) is 10.2 Å². The average Bonchev–Trinajstić information content (AvgIpc) is 3.25. The van der Waals surface area contributed by atoms with E-state index in [4.69, 9.17) is 4.74 Å². The second-order valence-electron chi connectivity index (χ2n) is 8.03. The fourth-order valence-electron chi connectivity index (χ4n) is 3.32. The monoisotopic (exact) mass is 419 g/mol. The molecule has 0 aliphatic rings. The Balaban J connectivity index is 1.27. The number of benzene rings is 2. The molecule has 0 bridgehead atoms. The van der Waals surface area contributed by atoms with E-state index in [9.17, 15) is 0 Å². The molecule has 0 saturated heterocycles. The number of ether oxygens (including phenoxy) is 1. The second-order valence-corrected chi connectivity index (χ2v) is 8.03. The molecule has 5 nitrogen and oxygen atoms in total. The van der Waals surface area contributed by atoms with Crippen molar-refractivity contribution in [3.63, 3.8) is 0 Å². The molecule has 2 aromatic carbocycles. The van der Waals surface area contributed by atoms with Gasteiger partial charge in [0.2, 0.25) is 6.33 Å². The zero-order valence-corrected chi connectivity index (χ0v) is 18.9. The van der Waals surface area contributed by atoms with Crippen LogP contribution in [0.25, 0.3) is 0 Å². The summed E-state index contributed by atoms with van der Waals surface area (Å²) in [4.78, 5) is 0. The number of hydrogen-bond donors (Lipinski definition) is 0. The Hall–Kier alpha value is -2.95. The maximum absolute atomic E-state index is 5.86. The van der Waals surface area contributed by atoms with E-state index in [1.165, 1.54) is 37.7 Å². The highest BCUT2D eigenvalue weighted by Gasteiger charge is 2.03. The molecular formula is C26H35N4O+. The van der Waals surface area contributed by atoms with Crippen molar-refractivity contribution in [1.29, 1.82) is 0 Å². The van der Waals surface area contributed by atoms with Crippen LogP contribution in [0.15, 0.2) is 77.5 Å². The first-order valence-corrected chi connectivity index (χ1v) is 11.5. The summed E-state index contributed by atoms with van der Waals surface area (Å²) < 4.78 is 10.4. The van der Waals surface area contributed by atoms with Gasteiger partial charge < -0.3 is 4.74 Å². The van der Waals surface area contributed by atoms with Crippen molar-refractivity contribution < 1.29 is 9.30 Å². The van der Waals surface area contributed by atoms with Crippen molar-refractivity contribution in [2.45, 2.75) is 65.5 Å². The van der Waals surface area contributed by atoms with Crippen molar-refractivity contribution in [3.8, 4) is 5.75 Å². The fraction of sp³-hybridized carbons (Fsp3) is 0.423. The van der Waals surface area contributed by atoms with Gasteiger partial charge in [0.1, 0.15) is 18.1 Å². The van der Waals surface area contributed by atoms with Crippen LogP contribution in [0.4, 0.5) is 11.4 Å². The number of hydrogen-bond acceptors (Lipinski definition) is 3. The molecule has 0 atom stereocenters. The van der Waals surface area contributed by atoms with Crippen LogP contribution in [-0.4, -0.2) is 11.2 Å². The van der Waals surface area contributed by atoms with Crippen molar-refractivity contribution in [3.05, 3.63) is 72.8 Å². The summed E-state index contributed by atoms with van der Waals surface area (Å²) in [5.74, 6) is 0.887. The Labute approximate surface area is 186 Å². The van der Waals surface area contributed by atoms with Gasteiger partial charge in [0, 0.05) is 0 Å². The van der Waals surface area contributed by atoms with E-state index >= 15 is 0 Å². The highest BCUT2D eigenvalue weighted by atomic mass is 16.5. The van der Waals surface area contributed by atoms with Crippen LogP contribution in [-0.2, 0) is 13.1 Å². The van der Waals surface area contributed by atoms with Crippen molar-refractivity contribution >= 4 is 11.4 Å². The zero-order valence-electron chi connectivity index (χ0n) is 18.9. The maximum Gasteiger partial charge on any atom is 0.243 e. The highest BCUT2D eigenvalue weighted by Crippen LogP contribution is 2.21. The third kappa shape index (κ3) is 8.36. The normalized spacial score (nSPS) is 11.3. The zero-order chi connectivity index (χ0) is 21.7. The van der Waals surface area contributed by atoms with E-state index in [-0.39, 0.29) is 0 Å². The molecule has 0 N–H and O–H groups in total. The minimum atomic E-state index is 0.755.